The SMILES string of the molecule is CNc1cccc(-c2ccc(Cl)c(C(=O)Nc3cc(C(=O)N4CCNC(=O)C4)nn3-c3ccccc3)c2)n1. The molecule has 3 amide bonds. The molecule has 1 aliphatic heterocycles. The molecule has 10 nitrogen and oxygen atoms in total. The number of amides is 3. The predicted octanol–water partition coefficient (Wildman–Crippen LogP) is 3.45. The first-order valence-corrected chi connectivity index (χ1v) is 12.3. The van der Waals surface area contributed by atoms with Crippen molar-refractivity contribution >= 4 is 41.0 Å². The van der Waals surface area contributed by atoms with Gasteiger partial charge in [0.15, 0.2) is 5.69 Å². The summed E-state index contributed by atoms with van der Waals surface area (Å²) in [6, 6.07) is 21.3. The number of carbonyl (C=O) groups is 3. The first-order valence-electron chi connectivity index (χ1n) is 11.9. The van der Waals surface area contributed by atoms with E-state index in [-0.39, 0.29) is 34.5 Å². The van der Waals surface area contributed by atoms with E-state index in [1.807, 2.05) is 36.4 Å². The van der Waals surface area contributed by atoms with Crippen LogP contribution in [0.5, 0.6) is 0 Å². The fraction of sp³-hybridized carbons (Fsp3) is 0.148. The molecule has 1 fully saturated rings. The summed E-state index contributed by atoms with van der Waals surface area (Å²) in [4.78, 5) is 44.3. The first-order chi connectivity index (χ1) is 18.4. The van der Waals surface area contributed by atoms with Crippen molar-refractivity contribution in [3.8, 4) is 16.9 Å². The highest BCUT2D eigenvalue weighted by molar-refractivity contribution is 6.34. The summed E-state index contributed by atoms with van der Waals surface area (Å²) in [5.41, 5.74) is 2.38. The maximum absolute atomic E-state index is 13.4. The number of aromatic nitrogens is 3. The number of hydrogen-bond acceptors (Lipinski definition) is 6. The van der Waals surface area contributed by atoms with E-state index in [0.29, 0.717) is 35.9 Å². The number of halogens is 1. The van der Waals surface area contributed by atoms with Crippen LogP contribution in [0.15, 0.2) is 72.8 Å². The Hall–Kier alpha value is -4.70. The molecule has 0 aliphatic carbocycles. The van der Waals surface area contributed by atoms with Crippen LogP contribution < -0.4 is 16.0 Å². The van der Waals surface area contributed by atoms with E-state index in [4.69, 9.17) is 11.6 Å². The first kappa shape index (κ1) is 25.0. The Morgan fingerprint density at radius 3 is 2.61 bits per heavy atom. The van der Waals surface area contributed by atoms with Crippen molar-refractivity contribution < 1.29 is 14.4 Å². The lowest BCUT2D eigenvalue weighted by Gasteiger charge is -2.25. The second-order valence-electron chi connectivity index (χ2n) is 8.55. The van der Waals surface area contributed by atoms with Crippen molar-refractivity contribution in [1.29, 1.82) is 0 Å². The van der Waals surface area contributed by atoms with E-state index in [0.717, 1.165) is 0 Å². The Bertz CT molecular complexity index is 1520. The summed E-state index contributed by atoms with van der Waals surface area (Å²) in [7, 11) is 1.78. The van der Waals surface area contributed by atoms with Gasteiger partial charge in [0.25, 0.3) is 11.8 Å². The van der Waals surface area contributed by atoms with Crippen LogP contribution in [0, 0.1) is 0 Å². The number of hydrogen-bond donors (Lipinski definition) is 3. The fourth-order valence-corrected chi connectivity index (χ4v) is 4.29. The molecule has 1 aliphatic rings. The number of anilines is 2. The number of rotatable bonds is 6. The van der Waals surface area contributed by atoms with Gasteiger partial charge in [0.2, 0.25) is 5.91 Å². The van der Waals surface area contributed by atoms with E-state index in [1.165, 1.54) is 15.6 Å². The average molecular weight is 530 g/mol. The number of nitrogens with one attached hydrogen (secondary N) is 3. The van der Waals surface area contributed by atoms with Crippen molar-refractivity contribution in [2.45, 2.75) is 0 Å². The summed E-state index contributed by atoms with van der Waals surface area (Å²) in [6.07, 6.45) is 0. The van der Waals surface area contributed by atoms with Gasteiger partial charge in [-0.15, -0.1) is 0 Å². The van der Waals surface area contributed by atoms with E-state index >= 15 is 0 Å². The number of pyridine rings is 1. The Morgan fingerprint density at radius 2 is 1.84 bits per heavy atom. The molecule has 0 bridgehead atoms. The molecule has 0 spiro atoms. The molecule has 0 unspecified atom stereocenters. The summed E-state index contributed by atoms with van der Waals surface area (Å²) in [5.74, 6) is -0.137. The lowest BCUT2D eigenvalue weighted by Crippen LogP contribution is -2.50. The molecule has 4 aromatic rings. The van der Waals surface area contributed by atoms with Crippen molar-refractivity contribution in [2.75, 3.05) is 37.3 Å². The van der Waals surface area contributed by atoms with Crippen LogP contribution in [0.1, 0.15) is 20.8 Å². The van der Waals surface area contributed by atoms with Crippen molar-refractivity contribution in [3.05, 3.63) is 89.1 Å². The molecule has 11 heteroatoms. The van der Waals surface area contributed by atoms with E-state index in [9.17, 15) is 14.4 Å². The molecule has 2 aromatic heterocycles. The molecule has 0 saturated carbocycles. The van der Waals surface area contributed by atoms with Gasteiger partial charge in [0.05, 0.1) is 28.5 Å². The highest BCUT2D eigenvalue weighted by Gasteiger charge is 2.26. The zero-order valence-electron chi connectivity index (χ0n) is 20.4. The Balaban J connectivity index is 1.48. The van der Waals surface area contributed by atoms with Crippen LogP contribution in [0.2, 0.25) is 5.02 Å². The third-order valence-electron chi connectivity index (χ3n) is 6.01. The highest BCUT2D eigenvalue weighted by Crippen LogP contribution is 2.27. The van der Waals surface area contributed by atoms with Crippen molar-refractivity contribution in [1.82, 2.24) is 25.0 Å². The normalized spacial score (nSPS) is 13.1. The molecule has 0 radical (unpaired) electrons. The van der Waals surface area contributed by atoms with Crippen LogP contribution in [0.4, 0.5) is 11.6 Å². The van der Waals surface area contributed by atoms with Crippen molar-refractivity contribution in [2.24, 2.45) is 0 Å². The van der Waals surface area contributed by atoms with Crippen LogP contribution in [-0.4, -0.2) is 64.1 Å². The number of piperazine rings is 1. The number of benzene rings is 2. The van der Waals surface area contributed by atoms with Gasteiger partial charge in [-0.25, -0.2) is 9.67 Å². The predicted molar refractivity (Wildman–Crippen MR) is 145 cm³/mol. The van der Waals surface area contributed by atoms with Gasteiger partial charge in [0.1, 0.15) is 11.6 Å². The van der Waals surface area contributed by atoms with Gasteiger partial charge < -0.3 is 20.9 Å². The summed E-state index contributed by atoms with van der Waals surface area (Å²) >= 11 is 6.42. The fourth-order valence-electron chi connectivity index (χ4n) is 4.09. The van der Waals surface area contributed by atoms with Crippen LogP contribution in [0.25, 0.3) is 16.9 Å². The molecule has 192 valence electrons. The minimum Gasteiger partial charge on any atom is -0.373 e. The zero-order chi connectivity index (χ0) is 26.6. The molecule has 1 saturated heterocycles. The van der Waals surface area contributed by atoms with Crippen LogP contribution >= 0.6 is 11.6 Å². The number of nitrogens with zero attached hydrogens (tertiary/aromatic N) is 4. The molecule has 3 N–H and O–H groups in total. The summed E-state index contributed by atoms with van der Waals surface area (Å²) in [5, 5.41) is 13.3. The Kier molecular flexibility index (Phi) is 7.05. The largest absolute Gasteiger partial charge is 0.373 e. The van der Waals surface area contributed by atoms with Crippen molar-refractivity contribution in [3.63, 3.8) is 0 Å². The standard InChI is InChI=1S/C27H24ClN7O3/c1-29-23-9-5-8-21(31-23)17-10-11-20(28)19(14-17)26(37)32-24-15-22(27(38)34-13-12-30-25(36)16-34)33-35(24)18-6-3-2-4-7-18/h2-11,14-15H,12-13,16H2,1H3,(H,29,31)(H,30,36)(H,32,37). The van der Waals surface area contributed by atoms with Gasteiger partial charge in [-0.3, -0.25) is 14.4 Å². The molecule has 2 aromatic carbocycles. The average Bonchev–Trinajstić information content (AvgIpc) is 3.37. The molecule has 3 heterocycles. The molecular formula is C27H24ClN7O3. The maximum atomic E-state index is 13.4. The highest BCUT2D eigenvalue weighted by atomic mass is 35.5. The lowest BCUT2D eigenvalue weighted by molar-refractivity contribution is -0.123. The van der Waals surface area contributed by atoms with E-state index in [1.54, 1.807) is 37.4 Å². The molecule has 38 heavy (non-hydrogen) atoms. The summed E-state index contributed by atoms with van der Waals surface area (Å²) < 4.78 is 1.48. The quantitative estimate of drug-likeness (QED) is 0.352. The Morgan fingerprint density at radius 1 is 1.03 bits per heavy atom. The third kappa shape index (κ3) is 5.21. The monoisotopic (exact) mass is 529 g/mol. The smallest absolute Gasteiger partial charge is 0.274 e. The number of carbonyl (C=O) groups excluding carboxylic acids is 3. The Labute approximate surface area is 223 Å². The van der Waals surface area contributed by atoms with Gasteiger partial charge in [-0.1, -0.05) is 41.9 Å². The topological polar surface area (TPSA) is 121 Å². The summed E-state index contributed by atoms with van der Waals surface area (Å²) in [6.45, 7) is 0.689. The number of para-hydroxylation sites is 1. The van der Waals surface area contributed by atoms with Gasteiger partial charge in [-0.2, -0.15) is 5.10 Å². The van der Waals surface area contributed by atoms with E-state index < -0.39 is 11.8 Å². The third-order valence-corrected chi connectivity index (χ3v) is 6.34. The molecule has 5 rings (SSSR count). The van der Waals surface area contributed by atoms with Gasteiger partial charge in [0, 0.05) is 31.8 Å². The van der Waals surface area contributed by atoms with Crippen LogP contribution in [0.3, 0.4) is 0 Å². The minimum atomic E-state index is -0.477. The maximum Gasteiger partial charge on any atom is 0.274 e. The van der Waals surface area contributed by atoms with Gasteiger partial charge in [-0.05, 0) is 36.4 Å². The molecular weight excluding hydrogens is 506 g/mol. The molecule has 0 atom stereocenters. The zero-order valence-corrected chi connectivity index (χ0v) is 21.2. The van der Waals surface area contributed by atoms with Gasteiger partial charge >= 0.3 is 0 Å². The second kappa shape index (κ2) is 10.7. The van der Waals surface area contributed by atoms with Crippen LogP contribution in [-0.2, 0) is 4.79 Å². The minimum absolute atomic E-state index is 0.0517. The lowest BCUT2D eigenvalue weighted by atomic mass is 10.1. The van der Waals surface area contributed by atoms with E-state index in [2.05, 4.69) is 26.0 Å². The second-order valence-corrected chi connectivity index (χ2v) is 8.95.